The van der Waals surface area contributed by atoms with Crippen LogP contribution in [0.3, 0.4) is 0 Å². The minimum atomic E-state index is -1.68. The van der Waals surface area contributed by atoms with E-state index in [2.05, 4.69) is 31.2 Å². The van der Waals surface area contributed by atoms with Gasteiger partial charge in [0.2, 0.25) is 65.0 Å². The Morgan fingerprint density at radius 3 is 1.39 bits per heavy atom. The van der Waals surface area contributed by atoms with Crippen molar-refractivity contribution in [2.75, 3.05) is 69.0 Å². The summed E-state index contributed by atoms with van der Waals surface area (Å²) in [6.45, 7) is 33.1. The normalized spacial score (nSPS) is 27.1. The van der Waals surface area contributed by atoms with Crippen LogP contribution in [0.4, 0.5) is 0 Å². The number of aromatic nitrogens is 2. The highest BCUT2D eigenvalue weighted by atomic mass is 16.3. The number of nitrogens with zero attached hydrogens (tertiary/aromatic N) is 10. The fourth-order valence-electron chi connectivity index (χ4n) is 12.8. The molecule has 0 aromatic carbocycles. The van der Waals surface area contributed by atoms with Crippen molar-refractivity contribution in [2.24, 2.45) is 41.4 Å². The van der Waals surface area contributed by atoms with E-state index in [1.54, 1.807) is 47.7 Å². The van der Waals surface area contributed by atoms with E-state index in [1.807, 2.05) is 66.2 Å². The number of nitrogens with one attached hydrogen (secondary N) is 4. The van der Waals surface area contributed by atoms with Crippen LogP contribution in [-0.4, -0.2) is 260 Å². The summed E-state index contributed by atoms with van der Waals surface area (Å²) in [4.78, 5) is 179. The number of carbonyl (C=O) groups is 11. The molecular weight excluding hydrogens is 1220 g/mol. The number of likely N-dealkylation sites (tertiary alicyclic amines) is 1. The molecule has 0 spiro atoms. The minimum Gasteiger partial charge on any atom is -0.390 e. The Bertz CT molecular complexity index is 2770. The van der Waals surface area contributed by atoms with E-state index in [4.69, 9.17) is 0 Å². The van der Waals surface area contributed by atoms with Gasteiger partial charge < -0.3 is 70.1 Å². The van der Waals surface area contributed by atoms with Crippen molar-refractivity contribution in [3.05, 3.63) is 18.2 Å². The van der Waals surface area contributed by atoms with Gasteiger partial charge in [-0.1, -0.05) is 96.9 Å². The fraction of sp³-hybridized carbons (Fsp3) is 0.797. The zero-order chi connectivity index (χ0) is 72.5. The average molecular weight is 1340 g/mol. The maximum Gasteiger partial charge on any atom is 0.246 e. The minimum absolute atomic E-state index is 0.00233. The molecule has 26 nitrogen and oxygen atoms in total. The van der Waals surface area contributed by atoms with Crippen LogP contribution >= 0.6 is 0 Å². The van der Waals surface area contributed by atoms with E-state index in [0.717, 1.165) is 37.4 Å². The number of rotatable bonds is 18. The van der Waals surface area contributed by atoms with Crippen molar-refractivity contribution in [3.8, 4) is 0 Å². The number of aliphatic hydroxyl groups excluding tert-OH is 1. The molecule has 11 amide bonds. The SMILES string of the molecule is CC[C@H]1NC(=O)[C@@H]([C@H](O)[C@H](C)Cc2nccn2CCN2CCCC2)N(C)C(=O)[C@@H](C(C)C)N(C)C(=O)[C@@H](CC(C)C)N(C)C(=O)[C@@H](CC(C)C)N(C)C(=O)[C@H](C)NC(=O)[C@@H](C)NC(=O)[C@@H](CC(C)C)N(C)C(=O)[C@@H](C(C)C)NC(=O)[C@H](CC(C)C)N(C)C(=O)[C@@H](C)N(C)C1=O. The number of carbonyl (C=O) groups excluding carboxylic acids is 11. The van der Waals surface area contributed by atoms with Crippen molar-refractivity contribution in [1.29, 1.82) is 0 Å². The summed E-state index contributed by atoms with van der Waals surface area (Å²) in [6.07, 6.45) is 4.94. The molecule has 3 heterocycles. The third-order valence-electron chi connectivity index (χ3n) is 19.0. The Kier molecular flexibility index (Phi) is 32.3. The van der Waals surface area contributed by atoms with Crippen molar-refractivity contribution in [2.45, 2.75) is 248 Å². The van der Waals surface area contributed by atoms with E-state index < -0.39 is 155 Å². The third-order valence-corrected chi connectivity index (χ3v) is 19.0. The molecule has 2 aliphatic heterocycles. The van der Waals surface area contributed by atoms with Gasteiger partial charge in [0.1, 0.15) is 72.3 Å². The number of hydrogen-bond donors (Lipinski definition) is 5. The summed E-state index contributed by atoms with van der Waals surface area (Å²) in [5.41, 5.74) is 0. The zero-order valence-electron chi connectivity index (χ0n) is 62.0. The maximum absolute atomic E-state index is 15.5. The van der Waals surface area contributed by atoms with E-state index in [9.17, 15) is 38.7 Å². The van der Waals surface area contributed by atoms with E-state index in [-0.39, 0.29) is 62.2 Å². The van der Waals surface area contributed by atoms with Crippen LogP contribution in [0.1, 0.15) is 168 Å². The number of amides is 11. The van der Waals surface area contributed by atoms with Gasteiger partial charge in [-0.05, 0) is 120 Å². The molecule has 0 radical (unpaired) electrons. The number of imidazole rings is 1. The highest BCUT2D eigenvalue weighted by Gasteiger charge is 2.46. The van der Waals surface area contributed by atoms with Gasteiger partial charge in [0, 0.05) is 81.2 Å². The van der Waals surface area contributed by atoms with Gasteiger partial charge in [0.15, 0.2) is 0 Å². The first-order valence-corrected chi connectivity index (χ1v) is 34.6. The number of likely N-dealkylation sites (N-methyl/N-ethyl adjacent to an activating group) is 7. The zero-order valence-corrected chi connectivity index (χ0v) is 62.0. The van der Waals surface area contributed by atoms with Crippen LogP contribution in [0, 0.1) is 41.4 Å². The Labute approximate surface area is 567 Å². The highest BCUT2D eigenvalue weighted by Crippen LogP contribution is 2.26. The van der Waals surface area contributed by atoms with Crippen LogP contribution in [0.15, 0.2) is 12.4 Å². The van der Waals surface area contributed by atoms with Gasteiger partial charge in [0.05, 0.1) is 6.10 Å². The van der Waals surface area contributed by atoms with E-state index in [0.29, 0.717) is 12.4 Å². The number of aliphatic hydroxyl groups is 1. The second-order valence-corrected chi connectivity index (χ2v) is 29.5. The lowest BCUT2D eigenvalue weighted by Crippen LogP contribution is -2.64. The molecule has 2 saturated heterocycles. The Hall–Kier alpha value is -6.70. The molecule has 3 rings (SSSR count). The number of hydrogen-bond acceptors (Lipinski definition) is 14. The van der Waals surface area contributed by atoms with Gasteiger partial charge in [-0.25, -0.2) is 4.98 Å². The summed E-state index contributed by atoms with van der Waals surface area (Å²) in [7, 11) is 10.0. The van der Waals surface area contributed by atoms with Crippen LogP contribution in [-0.2, 0) is 65.7 Å². The second-order valence-electron chi connectivity index (χ2n) is 29.5. The largest absolute Gasteiger partial charge is 0.390 e. The van der Waals surface area contributed by atoms with Crippen LogP contribution < -0.4 is 21.3 Å². The molecule has 0 aliphatic carbocycles. The summed E-state index contributed by atoms with van der Waals surface area (Å²) < 4.78 is 2.01. The lowest BCUT2D eigenvalue weighted by molar-refractivity contribution is -0.157. The molecule has 2 fully saturated rings. The maximum atomic E-state index is 15.5. The predicted octanol–water partition coefficient (Wildman–Crippen LogP) is 3.23. The van der Waals surface area contributed by atoms with Gasteiger partial charge in [-0.3, -0.25) is 52.7 Å². The van der Waals surface area contributed by atoms with Gasteiger partial charge in [-0.2, -0.15) is 0 Å². The smallest absolute Gasteiger partial charge is 0.246 e. The fourth-order valence-corrected chi connectivity index (χ4v) is 12.8. The predicted molar refractivity (Wildman–Crippen MR) is 365 cm³/mol. The monoisotopic (exact) mass is 1340 g/mol. The van der Waals surface area contributed by atoms with Crippen molar-refractivity contribution >= 4 is 65.0 Å². The lowest BCUT2D eigenvalue weighted by atomic mass is 9.91. The average Bonchev–Trinajstić information content (AvgIpc) is 1.15. The van der Waals surface area contributed by atoms with Gasteiger partial charge in [-0.15, -0.1) is 0 Å². The second kappa shape index (κ2) is 37.1. The third kappa shape index (κ3) is 22.2. The van der Waals surface area contributed by atoms with Crippen LogP contribution in [0.2, 0.25) is 0 Å². The van der Waals surface area contributed by atoms with E-state index in [1.165, 1.54) is 99.5 Å². The highest BCUT2D eigenvalue weighted by molar-refractivity contribution is 6.00. The first-order chi connectivity index (χ1) is 44.1. The van der Waals surface area contributed by atoms with Crippen LogP contribution in [0.5, 0.6) is 0 Å². The molecule has 0 unspecified atom stereocenters. The molecule has 5 N–H and O–H groups in total. The molecule has 26 heteroatoms. The lowest BCUT2D eigenvalue weighted by Gasteiger charge is -2.41. The quantitative estimate of drug-likeness (QED) is 0.141. The molecule has 13 atom stereocenters. The summed E-state index contributed by atoms with van der Waals surface area (Å²) in [5.74, 6) is -9.37. The molecule has 0 saturated carbocycles. The molecule has 540 valence electrons. The van der Waals surface area contributed by atoms with Crippen molar-refractivity contribution in [1.82, 2.24) is 70.0 Å². The molecular formula is C69H122N14O12. The summed E-state index contributed by atoms with van der Waals surface area (Å²) >= 11 is 0. The Morgan fingerprint density at radius 1 is 0.463 bits per heavy atom. The van der Waals surface area contributed by atoms with Crippen LogP contribution in [0.25, 0.3) is 0 Å². The standard InChI is InChI=1S/C69H122N14O12/c1-25-49-65(91)75(18)48(17)64(90)76(19)51(35-40(4)5)61(87)74-55(43(10)11)68(94)77(20)50(34-39(2)3)60(86)71-46(15)59(85)72-47(16)63(89)78(21)52(36-41(6)7)66(92)79(22)53(37-42(8)9)67(93)80(23)56(44(12)13)69(95)81(24)57(62(88)73-49)58(84)45(14)38-54-70-28-31-83(54)33-32-82-29-26-27-30-82/h28,31,39-53,55-58,84H,25-27,29-30,32-38H2,1-24H3,(H,71,86)(H,72,85)(H,73,88)(H,74,87)/t45-,46-,47+,48-,49-,50-,51+,52-,53-,55-,56-,57-,58-/m1/s1. The van der Waals surface area contributed by atoms with Gasteiger partial charge in [0.25, 0.3) is 0 Å². The first-order valence-electron chi connectivity index (χ1n) is 34.6. The molecule has 0 bridgehead atoms. The first kappa shape index (κ1) is 82.5. The van der Waals surface area contributed by atoms with Gasteiger partial charge >= 0.3 is 0 Å². The topological polar surface area (TPSA) is 300 Å². The summed E-state index contributed by atoms with van der Waals surface area (Å²) in [6, 6.07) is -13.8. The Balaban J connectivity index is 2.33. The molecule has 1 aromatic rings. The summed E-state index contributed by atoms with van der Waals surface area (Å²) in [5, 5.41) is 23.8. The van der Waals surface area contributed by atoms with E-state index >= 15 is 19.2 Å². The molecule has 2 aliphatic rings. The Morgan fingerprint density at radius 2 is 0.905 bits per heavy atom. The van der Waals surface area contributed by atoms with Crippen molar-refractivity contribution in [3.63, 3.8) is 0 Å². The van der Waals surface area contributed by atoms with Crippen molar-refractivity contribution < 1.29 is 57.8 Å². The molecule has 95 heavy (non-hydrogen) atoms. The molecule has 1 aromatic heterocycles.